The Morgan fingerprint density at radius 2 is 1.54 bits per heavy atom. The predicted octanol–water partition coefficient (Wildman–Crippen LogP) is 1.45. The number of urea groups is 1. The summed E-state index contributed by atoms with van der Waals surface area (Å²) in [5, 5.41) is 12.6. The Morgan fingerprint density at radius 1 is 0.923 bits per heavy atom. The normalized spacial score (nSPS) is 11.9. The second-order valence-electron chi connectivity index (χ2n) is 5.40. The first-order valence-electron chi connectivity index (χ1n) is 7.57. The summed E-state index contributed by atoms with van der Waals surface area (Å²) in [6, 6.07) is 13.4. The van der Waals surface area contributed by atoms with Crippen molar-refractivity contribution in [2.45, 2.75) is 13.0 Å². The van der Waals surface area contributed by atoms with Gasteiger partial charge in [0.1, 0.15) is 6.04 Å². The molecule has 0 aliphatic rings. The summed E-state index contributed by atoms with van der Waals surface area (Å²) in [5.74, 6) is -0.471. The first-order chi connectivity index (χ1) is 12.2. The van der Waals surface area contributed by atoms with E-state index in [0.29, 0.717) is 11.4 Å². The number of hydrogen-bond donors (Lipinski definition) is 5. The molecule has 10 heteroatoms. The number of carbonyl (C=O) groups is 2. The summed E-state index contributed by atoms with van der Waals surface area (Å²) >= 11 is 0. The Morgan fingerprint density at radius 3 is 2.19 bits per heavy atom. The largest absolute Gasteiger partial charge is 0.326 e. The zero-order valence-electron chi connectivity index (χ0n) is 13.9. The Balaban J connectivity index is 1.92. The summed E-state index contributed by atoms with van der Waals surface area (Å²) in [5.41, 5.74) is 1.15. The molecule has 0 bridgehead atoms. The number of carbonyl (C=O) groups excluding carboxylic acids is 2. The summed E-state index contributed by atoms with van der Waals surface area (Å²) < 4.78 is 24.2. The number of benzene rings is 2. The number of nitrogens with one attached hydrogen (secondary N) is 4. The molecule has 0 aromatic heterocycles. The topological polar surface area (TPSA) is 142 Å². The lowest BCUT2D eigenvalue weighted by atomic mass is 10.2. The second kappa shape index (κ2) is 8.32. The number of hydrogen-bond acceptors (Lipinski definition) is 4. The molecule has 0 aliphatic carbocycles. The molecule has 3 amide bonds. The summed E-state index contributed by atoms with van der Waals surface area (Å²) in [4.78, 5) is 24.1. The second-order valence-corrected chi connectivity index (χ2v) is 6.70. The van der Waals surface area contributed by atoms with Crippen LogP contribution in [0.25, 0.3) is 0 Å². The van der Waals surface area contributed by atoms with Crippen LogP contribution < -0.4 is 25.8 Å². The molecule has 9 nitrogen and oxygen atoms in total. The molecule has 0 saturated carbocycles. The zero-order chi connectivity index (χ0) is 19.2. The number of amides is 3. The van der Waals surface area contributed by atoms with E-state index in [2.05, 4.69) is 20.7 Å². The average molecular weight is 377 g/mol. The van der Waals surface area contributed by atoms with Crippen LogP contribution in [0.2, 0.25) is 0 Å². The molecule has 1 atom stereocenters. The number of para-hydroxylation sites is 1. The van der Waals surface area contributed by atoms with E-state index in [1.165, 1.54) is 19.1 Å². The van der Waals surface area contributed by atoms with Crippen LogP contribution in [0.5, 0.6) is 0 Å². The molecule has 1 unspecified atom stereocenters. The molecule has 2 aromatic carbocycles. The third kappa shape index (κ3) is 6.42. The third-order valence-corrected chi connectivity index (χ3v) is 3.68. The minimum Gasteiger partial charge on any atom is -0.326 e. The van der Waals surface area contributed by atoms with Gasteiger partial charge in [-0.3, -0.25) is 9.52 Å². The van der Waals surface area contributed by atoms with E-state index in [4.69, 9.17) is 5.14 Å². The molecule has 2 rings (SSSR count). The first-order valence-corrected chi connectivity index (χ1v) is 9.11. The fourth-order valence-electron chi connectivity index (χ4n) is 2.03. The molecular formula is C16H19N5O4S. The monoisotopic (exact) mass is 377 g/mol. The minimum atomic E-state index is -3.91. The zero-order valence-corrected chi connectivity index (χ0v) is 14.7. The van der Waals surface area contributed by atoms with Gasteiger partial charge in [0, 0.05) is 11.4 Å². The third-order valence-electron chi connectivity index (χ3n) is 3.16. The van der Waals surface area contributed by atoms with Gasteiger partial charge in [-0.05, 0) is 37.3 Å². The predicted molar refractivity (Wildman–Crippen MR) is 99.9 cm³/mol. The quantitative estimate of drug-likeness (QED) is 0.519. The van der Waals surface area contributed by atoms with Crippen molar-refractivity contribution in [1.82, 2.24) is 5.32 Å². The van der Waals surface area contributed by atoms with E-state index in [0.717, 1.165) is 0 Å². The summed E-state index contributed by atoms with van der Waals surface area (Å²) in [6.45, 7) is 1.52. The smallest absolute Gasteiger partial charge is 0.319 e. The molecule has 0 radical (unpaired) electrons. The number of anilines is 3. The van der Waals surface area contributed by atoms with Crippen molar-refractivity contribution in [3.8, 4) is 0 Å². The van der Waals surface area contributed by atoms with Crippen molar-refractivity contribution in [2.24, 2.45) is 5.14 Å². The molecule has 0 aliphatic heterocycles. The average Bonchev–Trinajstić information content (AvgIpc) is 2.54. The van der Waals surface area contributed by atoms with Crippen molar-refractivity contribution >= 4 is 39.2 Å². The van der Waals surface area contributed by atoms with E-state index >= 15 is 0 Å². The van der Waals surface area contributed by atoms with Crippen LogP contribution in [0.3, 0.4) is 0 Å². The van der Waals surface area contributed by atoms with Crippen LogP contribution in [-0.4, -0.2) is 26.4 Å². The first kappa shape index (κ1) is 19.2. The Hall–Kier alpha value is -3.11. The van der Waals surface area contributed by atoms with Crippen molar-refractivity contribution < 1.29 is 18.0 Å². The Bertz CT molecular complexity index is 887. The maximum Gasteiger partial charge on any atom is 0.319 e. The highest BCUT2D eigenvalue weighted by atomic mass is 32.2. The van der Waals surface area contributed by atoms with Crippen LogP contribution in [0.1, 0.15) is 6.92 Å². The van der Waals surface area contributed by atoms with Gasteiger partial charge in [-0.2, -0.15) is 8.42 Å². The number of nitrogens with two attached hydrogens (primary N) is 1. The van der Waals surface area contributed by atoms with Gasteiger partial charge in [0.25, 0.3) is 10.2 Å². The van der Waals surface area contributed by atoms with E-state index in [9.17, 15) is 18.0 Å². The molecule has 0 saturated heterocycles. The Kier molecular flexibility index (Phi) is 6.15. The molecule has 0 fully saturated rings. The van der Waals surface area contributed by atoms with Gasteiger partial charge >= 0.3 is 6.03 Å². The van der Waals surface area contributed by atoms with Crippen LogP contribution in [-0.2, 0) is 15.0 Å². The fourth-order valence-corrected chi connectivity index (χ4v) is 2.48. The fraction of sp³-hybridized carbons (Fsp3) is 0.125. The van der Waals surface area contributed by atoms with Crippen LogP contribution >= 0.6 is 0 Å². The van der Waals surface area contributed by atoms with Crippen molar-refractivity contribution in [3.63, 3.8) is 0 Å². The molecule has 0 spiro atoms. The standard InChI is InChI=1S/C16H19N5O4S/c1-11(18-16(23)20-12-6-3-2-4-7-12)15(22)19-13-8-5-9-14(10-13)21-26(17,24)25/h2-11,21H,1H3,(H,19,22)(H2,17,24,25)(H2,18,20,23). The molecule has 138 valence electrons. The van der Waals surface area contributed by atoms with E-state index in [1.807, 2.05) is 6.07 Å². The van der Waals surface area contributed by atoms with Gasteiger partial charge in [0.05, 0.1) is 5.69 Å². The lowest BCUT2D eigenvalue weighted by Crippen LogP contribution is -2.43. The summed E-state index contributed by atoms with van der Waals surface area (Å²) in [6.07, 6.45) is 0. The van der Waals surface area contributed by atoms with Crippen LogP contribution in [0, 0.1) is 0 Å². The number of rotatable bonds is 6. The molecule has 6 N–H and O–H groups in total. The Labute approximate surface area is 151 Å². The summed E-state index contributed by atoms with van der Waals surface area (Å²) in [7, 11) is -3.91. The molecule has 2 aromatic rings. The maximum absolute atomic E-state index is 12.2. The highest BCUT2D eigenvalue weighted by Gasteiger charge is 2.16. The van der Waals surface area contributed by atoms with Gasteiger partial charge in [0.2, 0.25) is 5.91 Å². The molecule has 26 heavy (non-hydrogen) atoms. The lowest BCUT2D eigenvalue weighted by molar-refractivity contribution is -0.117. The van der Waals surface area contributed by atoms with E-state index in [1.54, 1.807) is 36.4 Å². The van der Waals surface area contributed by atoms with Crippen molar-refractivity contribution in [3.05, 3.63) is 54.6 Å². The molecule has 0 heterocycles. The van der Waals surface area contributed by atoms with Crippen LogP contribution in [0.4, 0.5) is 21.9 Å². The highest BCUT2D eigenvalue weighted by molar-refractivity contribution is 7.90. The van der Waals surface area contributed by atoms with Crippen LogP contribution in [0.15, 0.2) is 54.6 Å². The lowest BCUT2D eigenvalue weighted by Gasteiger charge is -2.15. The van der Waals surface area contributed by atoms with Gasteiger partial charge in [0.15, 0.2) is 0 Å². The maximum atomic E-state index is 12.2. The highest BCUT2D eigenvalue weighted by Crippen LogP contribution is 2.16. The van der Waals surface area contributed by atoms with E-state index < -0.39 is 28.2 Å². The van der Waals surface area contributed by atoms with E-state index in [-0.39, 0.29) is 5.69 Å². The minimum absolute atomic E-state index is 0.202. The van der Waals surface area contributed by atoms with Crippen molar-refractivity contribution in [1.29, 1.82) is 0 Å². The molecular weight excluding hydrogens is 358 g/mol. The van der Waals surface area contributed by atoms with Gasteiger partial charge in [-0.1, -0.05) is 24.3 Å². The van der Waals surface area contributed by atoms with Crippen molar-refractivity contribution in [2.75, 3.05) is 15.4 Å². The van der Waals surface area contributed by atoms with Gasteiger partial charge in [-0.15, -0.1) is 0 Å². The van der Waals surface area contributed by atoms with Gasteiger partial charge in [-0.25, -0.2) is 9.93 Å². The SMILES string of the molecule is CC(NC(=O)Nc1ccccc1)C(=O)Nc1cccc(NS(N)(=O)=O)c1. The van der Waals surface area contributed by atoms with Gasteiger partial charge < -0.3 is 16.0 Å².